The number of hydrogen-bond donors (Lipinski definition) is 0. The maximum absolute atomic E-state index is 4.59. The number of imidazole rings is 1. The third-order valence-corrected chi connectivity index (χ3v) is 4.95. The monoisotopic (exact) mass is 324 g/mol. The van der Waals surface area contributed by atoms with Gasteiger partial charge in [-0.3, -0.25) is 4.98 Å². The zero-order valence-corrected chi connectivity index (χ0v) is 13.4. The summed E-state index contributed by atoms with van der Waals surface area (Å²) in [7, 11) is 0. The standard InChI is InChI=1S/C20H14N5/c1-2-5-15(6-3-1)24-19-17-8-10-21-12-14(17)13-23(19)18-11-16-7-4-9-22-25(16)20(18)24/h1-12H,13H2/q+1. The molecule has 0 radical (unpaired) electrons. The van der Waals surface area contributed by atoms with Gasteiger partial charge >= 0.3 is 0 Å². The Labute approximate surface area is 143 Å². The van der Waals surface area contributed by atoms with Crippen molar-refractivity contribution in [3.05, 3.63) is 78.8 Å². The Morgan fingerprint density at radius 1 is 0.960 bits per heavy atom. The number of fused-ring (bicyclic) bond motifs is 7. The van der Waals surface area contributed by atoms with Gasteiger partial charge in [-0.25, -0.2) is 4.57 Å². The lowest BCUT2D eigenvalue weighted by Crippen LogP contribution is -2.31. The summed E-state index contributed by atoms with van der Waals surface area (Å²) in [5.74, 6) is 1.19. The number of benzene rings is 1. The van der Waals surface area contributed by atoms with E-state index in [9.17, 15) is 0 Å². The molecule has 0 atom stereocenters. The fourth-order valence-electron chi connectivity index (χ4n) is 3.92. The van der Waals surface area contributed by atoms with Gasteiger partial charge in [-0.2, -0.15) is 14.2 Å². The van der Waals surface area contributed by atoms with Gasteiger partial charge in [0.15, 0.2) is 5.52 Å². The van der Waals surface area contributed by atoms with E-state index < -0.39 is 0 Å². The molecule has 4 aromatic heterocycles. The van der Waals surface area contributed by atoms with Crippen molar-refractivity contribution in [2.75, 3.05) is 0 Å². The van der Waals surface area contributed by atoms with E-state index in [-0.39, 0.29) is 0 Å². The van der Waals surface area contributed by atoms with E-state index in [1.165, 1.54) is 22.5 Å². The van der Waals surface area contributed by atoms with Crippen LogP contribution in [-0.4, -0.2) is 19.2 Å². The molecule has 25 heavy (non-hydrogen) atoms. The first-order valence-corrected chi connectivity index (χ1v) is 8.31. The summed E-state index contributed by atoms with van der Waals surface area (Å²) in [4.78, 5) is 4.30. The van der Waals surface area contributed by atoms with Crippen molar-refractivity contribution in [2.24, 2.45) is 0 Å². The Morgan fingerprint density at radius 2 is 1.88 bits per heavy atom. The minimum absolute atomic E-state index is 0.839. The number of aromatic nitrogens is 5. The van der Waals surface area contributed by atoms with Gasteiger partial charge in [-0.1, -0.05) is 18.2 Å². The Bertz CT molecular complexity index is 1260. The molecule has 0 bridgehead atoms. The molecule has 0 N–H and O–H groups in total. The summed E-state index contributed by atoms with van der Waals surface area (Å²) in [6, 6.07) is 18.9. The van der Waals surface area contributed by atoms with Crippen molar-refractivity contribution in [3.8, 4) is 17.1 Å². The van der Waals surface area contributed by atoms with Crippen molar-refractivity contribution in [2.45, 2.75) is 6.54 Å². The average Bonchev–Trinajstić information content (AvgIpc) is 3.30. The average molecular weight is 324 g/mol. The molecule has 0 amide bonds. The second kappa shape index (κ2) is 4.54. The molecule has 0 fully saturated rings. The highest BCUT2D eigenvalue weighted by Gasteiger charge is 2.36. The van der Waals surface area contributed by atoms with Crippen molar-refractivity contribution in [1.29, 1.82) is 0 Å². The van der Waals surface area contributed by atoms with Crippen LogP contribution in [-0.2, 0) is 6.54 Å². The van der Waals surface area contributed by atoms with Crippen molar-refractivity contribution < 1.29 is 4.57 Å². The minimum atomic E-state index is 0.839. The van der Waals surface area contributed by atoms with Crippen LogP contribution in [0.25, 0.3) is 33.8 Å². The third kappa shape index (κ3) is 1.59. The molecule has 0 aliphatic carbocycles. The van der Waals surface area contributed by atoms with Crippen molar-refractivity contribution in [1.82, 2.24) is 19.2 Å². The predicted octanol–water partition coefficient (Wildman–Crippen LogP) is 2.99. The highest BCUT2D eigenvalue weighted by molar-refractivity contribution is 5.84. The van der Waals surface area contributed by atoms with E-state index in [1.807, 2.05) is 35.2 Å². The van der Waals surface area contributed by atoms with Gasteiger partial charge in [-0.05, 0) is 30.3 Å². The summed E-state index contributed by atoms with van der Waals surface area (Å²) in [6.45, 7) is 0.839. The topological polar surface area (TPSA) is 39.0 Å². The Hall–Kier alpha value is -3.47. The zero-order chi connectivity index (χ0) is 16.4. The summed E-state index contributed by atoms with van der Waals surface area (Å²) in [5.41, 5.74) is 7.01. The Kier molecular flexibility index (Phi) is 2.34. The van der Waals surface area contributed by atoms with Gasteiger partial charge in [0.1, 0.15) is 12.2 Å². The highest BCUT2D eigenvalue weighted by Crippen LogP contribution is 2.34. The molecule has 0 unspecified atom stereocenters. The molecular weight excluding hydrogens is 310 g/mol. The first-order valence-electron chi connectivity index (χ1n) is 8.31. The number of rotatable bonds is 1. The molecular formula is C20H14N5+. The number of pyridine rings is 1. The summed E-state index contributed by atoms with van der Waals surface area (Å²) in [5, 5.41) is 4.59. The van der Waals surface area contributed by atoms with Crippen LogP contribution >= 0.6 is 0 Å². The molecule has 1 aromatic carbocycles. The molecule has 5 nitrogen and oxygen atoms in total. The van der Waals surface area contributed by atoms with E-state index in [2.05, 4.69) is 61.7 Å². The fraction of sp³-hybridized carbons (Fsp3) is 0.0500. The van der Waals surface area contributed by atoms with Crippen molar-refractivity contribution >= 4 is 16.7 Å². The highest BCUT2D eigenvalue weighted by atomic mass is 15.3. The van der Waals surface area contributed by atoms with Crippen LogP contribution in [0.2, 0.25) is 0 Å². The van der Waals surface area contributed by atoms with E-state index in [4.69, 9.17) is 0 Å². The second-order valence-electron chi connectivity index (χ2n) is 6.33. The van der Waals surface area contributed by atoms with Crippen LogP contribution in [0.4, 0.5) is 0 Å². The van der Waals surface area contributed by atoms with Gasteiger partial charge < -0.3 is 0 Å². The van der Waals surface area contributed by atoms with Gasteiger partial charge in [-0.15, -0.1) is 0 Å². The van der Waals surface area contributed by atoms with E-state index in [0.717, 1.165) is 23.4 Å². The molecule has 1 aliphatic rings. The normalized spacial score (nSPS) is 12.6. The van der Waals surface area contributed by atoms with Crippen LogP contribution in [0.5, 0.6) is 0 Å². The Balaban J connectivity index is 1.84. The molecule has 5 aromatic rings. The molecule has 0 saturated carbocycles. The molecule has 0 saturated heterocycles. The SMILES string of the molecule is c1ccc(-n2c3[n+](c4cc5cccnn5c42)Cc2cnccc2-3)cc1. The molecule has 1 aliphatic heterocycles. The molecule has 5 heteroatoms. The predicted molar refractivity (Wildman–Crippen MR) is 94.6 cm³/mol. The van der Waals surface area contributed by atoms with Crippen LogP contribution in [0.3, 0.4) is 0 Å². The summed E-state index contributed by atoms with van der Waals surface area (Å²) < 4.78 is 6.69. The molecule has 0 spiro atoms. The van der Waals surface area contributed by atoms with Crippen molar-refractivity contribution in [3.63, 3.8) is 0 Å². The lowest BCUT2D eigenvalue weighted by molar-refractivity contribution is -0.645. The first kappa shape index (κ1) is 12.9. The lowest BCUT2D eigenvalue weighted by Gasteiger charge is -2.02. The van der Waals surface area contributed by atoms with Crippen LogP contribution in [0, 0.1) is 0 Å². The van der Waals surface area contributed by atoms with E-state index in [0.29, 0.717) is 0 Å². The summed E-state index contributed by atoms with van der Waals surface area (Å²) >= 11 is 0. The van der Waals surface area contributed by atoms with Crippen LogP contribution < -0.4 is 4.57 Å². The lowest BCUT2D eigenvalue weighted by atomic mass is 10.1. The largest absolute Gasteiger partial charge is 0.297 e. The maximum Gasteiger partial charge on any atom is 0.297 e. The Morgan fingerprint density at radius 3 is 2.80 bits per heavy atom. The smallest absolute Gasteiger partial charge is 0.264 e. The third-order valence-electron chi connectivity index (χ3n) is 4.95. The van der Waals surface area contributed by atoms with E-state index in [1.54, 1.807) is 0 Å². The number of hydrogen-bond acceptors (Lipinski definition) is 2. The number of para-hydroxylation sites is 1. The second-order valence-corrected chi connectivity index (χ2v) is 6.33. The maximum atomic E-state index is 4.59. The van der Waals surface area contributed by atoms with Gasteiger partial charge in [0.05, 0.1) is 11.1 Å². The van der Waals surface area contributed by atoms with E-state index >= 15 is 0 Å². The summed E-state index contributed by atoms with van der Waals surface area (Å²) in [6.07, 6.45) is 5.67. The van der Waals surface area contributed by atoms with Crippen LogP contribution in [0.15, 0.2) is 73.2 Å². The first-order chi connectivity index (χ1) is 12.4. The fourth-order valence-corrected chi connectivity index (χ4v) is 3.92. The molecule has 6 rings (SSSR count). The zero-order valence-electron chi connectivity index (χ0n) is 13.4. The van der Waals surface area contributed by atoms with Gasteiger partial charge in [0.2, 0.25) is 0 Å². The van der Waals surface area contributed by atoms with Crippen LogP contribution in [0.1, 0.15) is 5.56 Å². The minimum Gasteiger partial charge on any atom is -0.264 e. The number of nitrogens with zero attached hydrogens (tertiary/aromatic N) is 5. The van der Waals surface area contributed by atoms with Gasteiger partial charge in [0, 0.05) is 30.2 Å². The molecule has 118 valence electrons. The molecule has 5 heterocycles. The quantitative estimate of drug-likeness (QED) is 0.436. The van der Waals surface area contributed by atoms with Gasteiger partial charge in [0.25, 0.3) is 11.5 Å².